The van der Waals surface area contributed by atoms with Crippen molar-refractivity contribution in [3.63, 3.8) is 0 Å². The van der Waals surface area contributed by atoms with Crippen molar-refractivity contribution in [3.8, 4) is 11.6 Å². The van der Waals surface area contributed by atoms with Gasteiger partial charge in [-0.1, -0.05) is 46.9 Å². The number of halogens is 3. The van der Waals surface area contributed by atoms with Crippen molar-refractivity contribution >= 4 is 52.4 Å². The van der Waals surface area contributed by atoms with Crippen LogP contribution in [0.5, 0.6) is 11.6 Å². The van der Waals surface area contributed by atoms with Crippen LogP contribution in [0, 0.1) is 0 Å². The zero-order valence-electron chi connectivity index (χ0n) is 14.9. The normalized spacial score (nSPS) is 10.9. The summed E-state index contributed by atoms with van der Waals surface area (Å²) < 4.78 is 5.51. The number of benzene rings is 2. The predicted molar refractivity (Wildman–Crippen MR) is 105 cm³/mol. The monoisotopic (exact) mass is 442 g/mol. The quantitative estimate of drug-likeness (QED) is 0.282. The molecule has 0 atom stereocenters. The Morgan fingerprint density at radius 2 is 1.79 bits per heavy atom. The molecule has 1 aromatic heterocycles. The topological polar surface area (TPSA) is 94.8 Å². The van der Waals surface area contributed by atoms with Gasteiger partial charge in [-0.05, 0) is 42.3 Å². The molecule has 0 unspecified atom stereocenters. The van der Waals surface area contributed by atoms with E-state index in [1.165, 1.54) is 36.4 Å². The van der Waals surface area contributed by atoms with Crippen LogP contribution in [0.2, 0.25) is 15.2 Å². The fourth-order valence-corrected chi connectivity index (χ4v) is 2.89. The molecule has 29 heavy (non-hydrogen) atoms. The van der Waals surface area contributed by atoms with Crippen molar-refractivity contribution in [3.05, 3.63) is 80.9 Å². The fourth-order valence-electron chi connectivity index (χ4n) is 2.25. The number of nitrogens with zero attached hydrogens (tertiary/aromatic N) is 2. The first-order valence-corrected chi connectivity index (χ1v) is 8.86. The van der Waals surface area contributed by atoms with Crippen LogP contribution in [0.3, 0.4) is 0 Å². The van der Waals surface area contributed by atoms with E-state index in [2.05, 4.69) is 9.98 Å². The van der Waals surface area contributed by atoms with Gasteiger partial charge in [0.15, 0.2) is 0 Å². The molecule has 6 nitrogen and oxygen atoms in total. The third-order valence-electron chi connectivity index (χ3n) is 3.49. The van der Waals surface area contributed by atoms with E-state index >= 15 is 0 Å². The molecular formula is C19H10Cl3LiN2O4. The van der Waals surface area contributed by atoms with Crippen molar-refractivity contribution in [2.24, 2.45) is 4.99 Å². The number of carbonyl (C=O) groups is 1. The molecule has 2 aromatic carbocycles. The standard InChI is InChI=1S/C19H11Cl3N2O4.Li/c20-10-4-6-12(14(21)8-10)18(25)23-15-7-5-11(9-13(15)19(26)27)28-17-3-1-2-16(22)24-17;/h1-9H,(H,23,25)(H,26,27);/q;+1/p-1. The molecule has 0 aliphatic heterocycles. The number of carboxylic acids is 1. The molecule has 142 valence electrons. The number of hydrogen-bond acceptors (Lipinski definition) is 5. The molecule has 0 fully saturated rings. The van der Waals surface area contributed by atoms with E-state index in [1.807, 2.05) is 0 Å². The van der Waals surface area contributed by atoms with Gasteiger partial charge in [0.05, 0.1) is 16.3 Å². The smallest absolute Gasteiger partial charge is 0.858 e. The molecule has 0 aliphatic rings. The molecule has 0 amide bonds. The minimum Gasteiger partial charge on any atom is -0.858 e. The molecule has 0 radical (unpaired) electrons. The average molecular weight is 444 g/mol. The summed E-state index contributed by atoms with van der Waals surface area (Å²) in [5, 5.41) is 22.6. The van der Waals surface area contributed by atoms with Crippen molar-refractivity contribution in [2.75, 3.05) is 0 Å². The summed E-state index contributed by atoms with van der Waals surface area (Å²) in [6, 6.07) is 13.1. The maximum atomic E-state index is 12.4. The second-order valence-electron chi connectivity index (χ2n) is 5.43. The summed E-state index contributed by atoms with van der Waals surface area (Å²) in [4.78, 5) is 19.4. The molecule has 0 saturated heterocycles. The Hall–Kier alpha value is -2.20. The number of aromatic nitrogens is 1. The van der Waals surface area contributed by atoms with E-state index in [-0.39, 0.29) is 57.5 Å². The van der Waals surface area contributed by atoms with Crippen LogP contribution in [0.4, 0.5) is 5.69 Å². The van der Waals surface area contributed by atoms with Crippen LogP contribution in [-0.4, -0.2) is 22.0 Å². The molecule has 3 aromatic rings. The third kappa shape index (κ3) is 5.89. The van der Waals surface area contributed by atoms with Gasteiger partial charge >= 0.3 is 24.8 Å². The van der Waals surface area contributed by atoms with Gasteiger partial charge in [0.2, 0.25) is 5.88 Å². The van der Waals surface area contributed by atoms with Gasteiger partial charge in [0.1, 0.15) is 10.9 Å². The minimum absolute atomic E-state index is 0. The maximum absolute atomic E-state index is 12.4. The van der Waals surface area contributed by atoms with Crippen molar-refractivity contribution in [1.82, 2.24) is 4.98 Å². The number of rotatable bonds is 5. The molecule has 3 rings (SSSR count). The summed E-state index contributed by atoms with van der Waals surface area (Å²) in [6.07, 6.45) is 0. The van der Waals surface area contributed by atoms with Crippen LogP contribution in [0.1, 0.15) is 15.9 Å². The number of carboxylic acid groups (broad SMARTS) is 1. The van der Waals surface area contributed by atoms with Gasteiger partial charge in [-0.3, -0.25) is 4.99 Å². The SMILES string of the molecule is O=C(O)c1cc(Oc2cccc(Cl)n2)ccc1N=C([O-])c1ccc(Cl)cc1Cl.[Li+]. The largest absolute Gasteiger partial charge is 1.00 e. The summed E-state index contributed by atoms with van der Waals surface area (Å²) in [5.41, 5.74) is -0.168. The Balaban J connectivity index is 0.00000300. The van der Waals surface area contributed by atoms with Gasteiger partial charge in [-0.2, -0.15) is 0 Å². The van der Waals surface area contributed by atoms with Gasteiger partial charge in [0, 0.05) is 16.7 Å². The van der Waals surface area contributed by atoms with Gasteiger partial charge < -0.3 is 14.9 Å². The van der Waals surface area contributed by atoms with Gasteiger partial charge in [0.25, 0.3) is 0 Å². The third-order valence-corrected chi connectivity index (χ3v) is 4.25. The number of pyridine rings is 1. The number of hydrogen-bond donors (Lipinski definition) is 1. The minimum atomic E-state index is -1.28. The first-order chi connectivity index (χ1) is 13.3. The number of ether oxygens (including phenoxy) is 1. The predicted octanol–water partition coefficient (Wildman–Crippen LogP) is 1.97. The molecule has 1 heterocycles. The fraction of sp³-hybridized carbons (Fsp3) is 0. The van der Waals surface area contributed by atoms with E-state index in [0.29, 0.717) is 5.02 Å². The molecule has 0 aliphatic carbocycles. The van der Waals surface area contributed by atoms with Crippen LogP contribution in [0.15, 0.2) is 59.6 Å². The summed E-state index contributed by atoms with van der Waals surface area (Å²) in [6.45, 7) is 0. The van der Waals surface area contributed by atoms with E-state index in [9.17, 15) is 15.0 Å². The van der Waals surface area contributed by atoms with Crippen molar-refractivity contribution in [2.45, 2.75) is 0 Å². The second-order valence-corrected chi connectivity index (χ2v) is 6.66. The average Bonchev–Trinajstić information content (AvgIpc) is 2.62. The first kappa shape index (κ1) is 23.1. The van der Waals surface area contributed by atoms with Gasteiger partial charge in [-0.25, -0.2) is 9.78 Å². The van der Waals surface area contributed by atoms with E-state index < -0.39 is 11.9 Å². The number of aromatic carboxylic acids is 1. The van der Waals surface area contributed by atoms with Crippen LogP contribution in [-0.2, 0) is 0 Å². The molecule has 0 saturated carbocycles. The zero-order chi connectivity index (χ0) is 20.3. The van der Waals surface area contributed by atoms with Crippen LogP contribution in [0.25, 0.3) is 0 Å². The van der Waals surface area contributed by atoms with Crippen LogP contribution < -0.4 is 28.7 Å². The van der Waals surface area contributed by atoms with E-state index in [4.69, 9.17) is 39.5 Å². The van der Waals surface area contributed by atoms with E-state index in [0.717, 1.165) is 0 Å². The molecular weight excluding hydrogens is 434 g/mol. The van der Waals surface area contributed by atoms with Crippen molar-refractivity contribution < 1.29 is 38.6 Å². The summed E-state index contributed by atoms with van der Waals surface area (Å²) in [7, 11) is 0. The van der Waals surface area contributed by atoms with Crippen molar-refractivity contribution in [1.29, 1.82) is 0 Å². The Bertz CT molecular complexity index is 1090. The summed E-state index contributed by atoms with van der Waals surface area (Å²) in [5.74, 6) is -1.59. The van der Waals surface area contributed by atoms with Gasteiger partial charge in [-0.15, -0.1) is 0 Å². The molecule has 0 spiro atoms. The number of aliphatic imine (C=N–C) groups is 1. The van der Waals surface area contributed by atoms with Crippen LogP contribution >= 0.6 is 34.8 Å². The summed E-state index contributed by atoms with van der Waals surface area (Å²) >= 11 is 17.6. The molecule has 10 heteroatoms. The Kier molecular flexibility index (Phi) is 7.97. The Labute approximate surface area is 192 Å². The zero-order valence-corrected chi connectivity index (χ0v) is 17.2. The molecule has 1 N–H and O–H groups in total. The van der Waals surface area contributed by atoms with E-state index in [1.54, 1.807) is 18.2 Å². The maximum Gasteiger partial charge on any atom is 1.00 e. The molecule has 0 bridgehead atoms. The Morgan fingerprint density at radius 3 is 2.45 bits per heavy atom. The Morgan fingerprint density at radius 1 is 1.03 bits per heavy atom. The first-order valence-electron chi connectivity index (χ1n) is 7.72. The second kappa shape index (κ2) is 10.0.